The molecule has 2 N–H and O–H groups in total. The molecular formula is C14H13BrN2O2. The number of carbonyl (C=O) groups excluding carboxylic acids is 1. The summed E-state index contributed by atoms with van der Waals surface area (Å²) in [5, 5.41) is 5.50. The van der Waals surface area contributed by atoms with E-state index in [0.29, 0.717) is 11.4 Å². The van der Waals surface area contributed by atoms with E-state index in [9.17, 15) is 4.79 Å². The van der Waals surface area contributed by atoms with Gasteiger partial charge < -0.3 is 15.4 Å². The molecule has 0 saturated heterocycles. The van der Waals surface area contributed by atoms with Gasteiger partial charge in [-0.2, -0.15) is 0 Å². The number of methoxy groups -OCH3 is 1. The molecule has 2 rings (SSSR count). The molecule has 98 valence electrons. The van der Waals surface area contributed by atoms with Crippen molar-refractivity contribution < 1.29 is 9.53 Å². The van der Waals surface area contributed by atoms with Gasteiger partial charge in [0.15, 0.2) is 0 Å². The largest absolute Gasteiger partial charge is 0.497 e. The Labute approximate surface area is 119 Å². The zero-order chi connectivity index (χ0) is 13.7. The van der Waals surface area contributed by atoms with Gasteiger partial charge in [-0.25, -0.2) is 4.79 Å². The van der Waals surface area contributed by atoms with Crippen LogP contribution in [-0.4, -0.2) is 13.1 Å². The maximum Gasteiger partial charge on any atom is 0.323 e. The molecule has 0 aromatic heterocycles. The van der Waals surface area contributed by atoms with Gasteiger partial charge in [-0.3, -0.25) is 0 Å². The monoisotopic (exact) mass is 320 g/mol. The summed E-state index contributed by atoms with van der Waals surface area (Å²) in [6.07, 6.45) is 0. The molecule has 0 bridgehead atoms. The molecule has 0 heterocycles. The van der Waals surface area contributed by atoms with E-state index in [1.807, 2.05) is 24.3 Å². The fourth-order valence-corrected chi connectivity index (χ4v) is 1.91. The highest BCUT2D eigenvalue weighted by Crippen LogP contribution is 2.21. The van der Waals surface area contributed by atoms with Gasteiger partial charge in [0.05, 0.1) is 12.8 Å². The molecule has 4 nitrogen and oxygen atoms in total. The van der Waals surface area contributed by atoms with Gasteiger partial charge in [0.25, 0.3) is 0 Å². The van der Waals surface area contributed by atoms with E-state index in [2.05, 4.69) is 26.6 Å². The van der Waals surface area contributed by atoms with Crippen molar-refractivity contribution in [3.05, 3.63) is 53.0 Å². The maximum absolute atomic E-state index is 11.8. The second-order valence-corrected chi connectivity index (χ2v) is 4.64. The van der Waals surface area contributed by atoms with Crippen molar-refractivity contribution in [3.8, 4) is 5.75 Å². The lowest BCUT2D eigenvalue weighted by atomic mass is 10.3. The molecule has 0 atom stereocenters. The summed E-state index contributed by atoms with van der Waals surface area (Å²) >= 11 is 3.37. The zero-order valence-corrected chi connectivity index (χ0v) is 11.9. The number of hydrogen-bond donors (Lipinski definition) is 2. The summed E-state index contributed by atoms with van der Waals surface area (Å²) in [5.74, 6) is 0.747. The molecule has 2 amide bonds. The van der Waals surface area contributed by atoms with Crippen LogP contribution in [0.2, 0.25) is 0 Å². The SMILES string of the molecule is COc1ccc(NC(=O)Nc2ccccc2Br)cc1. The van der Waals surface area contributed by atoms with Crippen molar-refractivity contribution in [2.75, 3.05) is 17.7 Å². The summed E-state index contributed by atoms with van der Waals surface area (Å²) in [6.45, 7) is 0. The highest BCUT2D eigenvalue weighted by Gasteiger charge is 2.05. The predicted octanol–water partition coefficient (Wildman–Crippen LogP) is 4.10. The molecule has 2 aromatic carbocycles. The molecule has 0 radical (unpaired) electrons. The minimum absolute atomic E-state index is 0.294. The molecule has 0 unspecified atom stereocenters. The Balaban J connectivity index is 1.99. The third kappa shape index (κ3) is 3.72. The van der Waals surface area contributed by atoms with Crippen LogP contribution in [0.1, 0.15) is 0 Å². The van der Waals surface area contributed by atoms with Crippen molar-refractivity contribution in [2.45, 2.75) is 0 Å². The van der Waals surface area contributed by atoms with E-state index in [1.165, 1.54) is 0 Å². The zero-order valence-electron chi connectivity index (χ0n) is 10.3. The third-order valence-corrected chi connectivity index (χ3v) is 3.16. The highest BCUT2D eigenvalue weighted by atomic mass is 79.9. The Morgan fingerprint density at radius 3 is 2.37 bits per heavy atom. The van der Waals surface area contributed by atoms with Crippen molar-refractivity contribution in [1.29, 1.82) is 0 Å². The molecule has 19 heavy (non-hydrogen) atoms. The standard InChI is InChI=1S/C14H13BrN2O2/c1-19-11-8-6-10(7-9-11)16-14(18)17-13-5-3-2-4-12(13)15/h2-9H,1H3,(H2,16,17,18). The number of halogens is 1. The van der Waals surface area contributed by atoms with Crippen LogP contribution in [0.3, 0.4) is 0 Å². The number of anilines is 2. The van der Waals surface area contributed by atoms with Crippen LogP contribution in [0, 0.1) is 0 Å². The summed E-state index contributed by atoms with van der Waals surface area (Å²) in [7, 11) is 1.60. The second kappa shape index (κ2) is 6.24. The molecule has 0 aliphatic rings. The normalized spacial score (nSPS) is 9.79. The average Bonchev–Trinajstić information content (AvgIpc) is 2.42. The van der Waals surface area contributed by atoms with E-state index >= 15 is 0 Å². The Morgan fingerprint density at radius 2 is 1.74 bits per heavy atom. The van der Waals surface area contributed by atoms with Crippen molar-refractivity contribution in [3.63, 3.8) is 0 Å². The van der Waals surface area contributed by atoms with Crippen molar-refractivity contribution in [1.82, 2.24) is 0 Å². The topological polar surface area (TPSA) is 50.4 Å². The van der Waals surface area contributed by atoms with Gasteiger partial charge >= 0.3 is 6.03 Å². The quantitative estimate of drug-likeness (QED) is 0.894. The fraction of sp³-hybridized carbons (Fsp3) is 0.0714. The van der Waals surface area contributed by atoms with E-state index in [4.69, 9.17) is 4.74 Å². The van der Waals surface area contributed by atoms with Gasteiger partial charge in [0.1, 0.15) is 5.75 Å². The first-order chi connectivity index (χ1) is 9.19. The fourth-order valence-electron chi connectivity index (χ4n) is 1.52. The molecule has 0 spiro atoms. The summed E-state index contributed by atoms with van der Waals surface area (Å²) < 4.78 is 5.88. The van der Waals surface area contributed by atoms with Crippen molar-refractivity contribution >= 4 is 33.3 Å². The van der Waals surface area contributed by atoms with Crippen molar-refractivity contribution in [2.24, 2.45) is 0 Å². The summed E-state index contributed by atoms with van der Waals surface area (Å²) in [4.78, 5) is 11.8. The van der Waals surface area contributed by atoms with Crippen LogP contribution in [0.5, 0.6) is 5.75 Å². The van der Waals surface area contributed by atoms with Gasteiger partial charge in [-0.15, -0.1) is 0 Å². The highest BCUT2D eigenvalue weighted by molar-refractivity contribution is 9.10. The number of benzene rings is 2. The van der Waals surface area contributed by atoms with Crippen LogP contribution in [0.15, 0.2) is 53.0 Å². The predicted molar refractivity (Wildman–Crippen MR) is 79.8 cm³/mol. The molecule has 0 aliphatic carbocycles. The molecule has 2 aromatic rings. The molecule has 0 fully saturated rings. The number of rotatable bonds is 3. The van der Waals surface area contributed by atoms with Gasteiger partial charge in [0.2, 0.25) is 0 Å². The summed E-state index contributed by atoms with van der Waals surface area (Å²) in [5.41, 5.74) is 1.42. The minimum Gasteiger partial charge on any atom is -0.497 e. The molecular weight excluding hydrogens is 308 g/mol. The average molecular weight is 321 g/mol. The number of ether oxygens (including phenoxy) is 1. The lowest BCUT2D eigenvalue weighted by molar-refractivity contribution is 0.262. The smallest absolute Gasteiger partial charge is 0.323 e. The first-order valence-electron chi connectivity index (χ1n) is 5.65. The molecule has 0 saturated carbocycles. The van der Waals surface area contributed by atoms with Crippen LogP contribution in [0.4, 0.5) is 16.2 Å². The van der Waals surface area contributed by atoms with Gasteiger partial charge in [0, 0.05) is 10.2 Å². The number of para-hydroxylation sites is 1. The lowest BCUT2D eigenvalue weighted by Gasteiger charge is -2.09. The van der Waals surface area contributed by atoms with Gasteiger partial charge in [-0.05, 0) is 52.3 Å². The van der Waals surface area contributed by atoms with Crippen LogP contribution in [0.25, 0.3) is 0 Å². The Hall–Kier alpha value is -2.01. The number of amides is 2. The van der Waals surface area contributed by atoms with Crippen LogP contribution >= 0.6 is 15.9 Å². The van der Waals surface area contributed by atoms with E-state index < -0.39 is 0 Å². The molecule has 5 heteroatoms. The van der Waals surface area contributed by atoms with Crippen LogP contribution in [-0.2, 0) is 0 Å². The third-order valence-electron chi connectivity index (χ3n) is 2.47. The van der Waals surface area contributed by atoms with Gasteiger partial charge in [-0.1, -0.05) is 12.1 Å². The van der Waals surface area contributed by atoms with E-state index in [1.54, 1.807) is 31.4 Å². The Morgan fingerprint density at radius 1 is 1.05 bits per heavy atom. The minimum atomic E-state index is -0.294. The maximum atomic E-state index is 11.8. The Kier molecular flexibility index (Phi) is 4.41. The second-order valence-electron chi connectivity index (χ2n) is 3.79. The Bertz CT molecular complexity index is 570. The lowest BCUT2D eigenvalue weighted by Crippen LogP contribution is -2.19. The molecule has 0 aliphatic heterocycles. The number of hydrogen-bond acceptors (Lipinski definition) is 2. The van der Waals surface area contributed by atoms with E-state index in [-0.39, 0.29) is 6.03 Å². The first kappa shape index (κ1) is 13.4. The number of carbonyl (C=O) groups is 1. The number of nitrogens with one attached hydrogen (secondary N) is 2. The summed E-state index contributed by atoms with van der Waals surface area (Å²) in [6, 6.07) is 14.3. The first-order valence-corrected chi connectivity index (χ1v) is 6.45. The van der Waals surface area contributed by atoms with E-state index in [0.717, 1.165) is 10.2 Å². The van der Waals surface area contributed by atoms with Crippen LogP contribution < -0.4 is 15.4 Å². The number of urea groups is 1.